The van der Waals surface area contributed by atoms with E-state index in [0.717, 1.165) is 17.2 Å². The number of ether oxygens (including phenoxy) is 1. The Morgan fingerprint density at radius 3 is 2.78 bits per heavy atom. The van der Waals surface area contributed by atoms with Gasteiger partial charge in [0, 0.05) is 5.75 Å². The van der Waals surface area contributed by atoms with Crippen molar-refractivity contribution in [2.45, 2.75) is 13.3 Å². The van der Waals surface area contributed by atoms with E-state index < -0.39 is 17.8 Å². The Morgan fingerprint density at radius 1 is 1.25 bits per heavy atom. The zero-order chi connectivity index (χ0) is 22.8. The molecule has 9 heteroatoms. The van der Waals surface area contributed by atoms with Gasteiger partial charge >= 0.3 is 11.9 Å². The number of anilines is 1. The first kappa shape index (κ1) is 21.9. The van der Waals surface area contributed by atoms with Crippen LogP contribution in [0.5, 0.6) is 5.75 Å². The molecule has 0 bridgehead atoms. The fraction of sp³-hybridized carbons (Fsp3) is 0.130. The van der Waals surface area contributed by atoms with Gasteiger partial charge in [-0.1, -0.05) is 29.8 Å². The van der Waals surface area contributed by atoms with Crippen molar-refractivity contribution >= 4 is 58.7 Å². The highest BCUT2D eigenvalue weighted by Gasteiger charge is 2.29. The quantitative estimate of drug-likeness (QED) is 0.385. The lowest BCUT2D eigenvalue weighted by molar-refractivity contribution is -0.129. The maximum atomic E-state index is 13.0. The molecule has 7 nitrogen and oxygen atoms in total. The van der Waals surface area contributed by atoms with Gasteiger partial charge < -0.3 is 9.84 Å². The van der Waals surface area contributed by atoms with Crippen LogP contribution in [0, 0.1) is 0 Å². The average molecular weight is 469 g/mol. The second kappa shape index (κ2) is 9.02. The van der Waals surface area contributed by atoms with Gasteiger partial charge in [-0.3, -0.25) is 4.79 Å². The number of rotatable bonds is 5. The topological polar surface area (TPSA) is 96.3 Å². The van der Waals surface area contributed by atoms with Crippen molar-refractivity contribution in [2.75, 3.05) is 10.8 Å². The Hall–Kier alpha value is -3.36. The average Bonchev–Trinajstić information content (AvgIpc) is 3.39. The van der Waals surface area contributed by atoms with Crippen LogP contribution in [0.25, 0.3) is 6.08 Å². The lowest BCUT2D eigenvalue weighted by Crippen LogP contribution is -2.21. The SMILES string of the molecule is CC1=NN(c2ccc(Cl)c(C(=O)O)c2)C(=O)/C1=C/c1cccc(OC(=O)C2=CCCS2)c1. The van der Waals surface area contributed by atoms with Crippen LogP contribution in [-0.2, 0) is 9.59 Å². The van der Waals surface area contributed by atoms with Crippen LogP contribution in [0.1, 0.15) is 29.3 Å². The largest absolute Gasteiger partial charge is 0.478 e. The standard InChI is InChI=1S/C23H17ClN2O5S/c1-13-17(21(27)26(25-13)15-7-8-19(24)18(12-15)22(28)29)11-14-4-2-5-16(10-14)31-23(30)20-6-3-9-32-20/h2,4-8,10-12H,3,9H2,1H3,(H,28,29)/b17-11+. The Balaban J connectivity index is 1.57. The van der Waals surface area contributed by atoms with Crippen molar-refractivity contribution in [1.29, 1.82) is 0 Å². The number of hydrazone groups is 1. The first-order valence-electron chi connectivity index (χ1n) is 9.63. The third-order valence-electron chi connectivity index (χ3n) is 4.77. The smallest absolute Gasteiger partial charge is 0.349 e. The second-order valence-corrected chi connectivity index (χ2v) is 8.54. The summed E-state index contributed by atoms with van der Waals surface area (Å²) in [7, 11) is 0. The number of allylic oxidation sites excluding steroid dienone is 1. The van der Waals surface area contributed by atoms with Gasteiger partial charge in [0.2, 0.25) is 0 Å². The molecule has 0 unspecified atom stereocenters. The third-order valence-corrected chi connectivity index (χ3v) is 6.19. The lowest BCUT2D eigenvalue weighted by Gasteiger charge is -2.13. The van der Waals surface area contributed by atoms with E-state index in [9.17, 15) is 19.5 Å². The van der Waals surface area contributed by atoms with Gasteiger partial charge in [0.05, 0.1) is 32.5 Å². The number of hydrogen-bond acceptors (Lipinski definition) is 6. The molecule has 0 saturated heterocycles. The highest BCUT2D eigenvalue weighted by molar-refractivity contribution is 8.04. The summed E-state index contributed by atoms with van der Waals surface area (Å²) >= 11 is 7.39. The van der Waals surface area contributed by atoms with E-state index in [0.29, 0.717) is 33.2 Å². The molecule has 0 saturated carbocycles. The van der Waals surface area contributed by atoms with Crippen molar-refractivity contribution in [3.8, 4) is 5.75 Å². The summed E-state index contributed by atoms with van der Waals surface area (Å²) < 4.78 is 5.44. The summed E-state index contributed by atoms with van der Waals surface area (Å²) in [5.74, 6) is -0.752. The van der Waals surface area contributed by atoms with E-state index in [2.05, 4.69) is 5.10 Å². The van der Waals surface area contributed by atoms with Crippen LogP contribution in [0.2, 0.25) is 5.02 Å². The van der Waals surface area contributed by atoms with Crippen molar-refractivity contribution in [3.63, 3.8) is 0 Å². The first-order valence-corrected chi connectivity index (χ1v) is 11.0. The van der Waals surface area contributed by atoms with E-state index in [1.807, 2.05) is 6.08 Å². The molecule has 1 amide bonds. The van der Waals surface area contributed by atoms with Gasteiger partial charge in [0.15, 0.2) is 0 Å². The molecule has 2 aromatic rings. The lowest BCUT2D eigenvalue weighted by atomic mass is 10.1. The molecule has 2 aliphatic rings. The molecule has 162 valence electrons. The van der Waals surface area contributed by atoms with Gasteiger partial charge in [-0.2, -0.15) is 10.1 Å². The zero-order valence-electron chi connectivity index (χ0n) is 16.9. The number of halogens is 1. The molecular formula is C23H17ClN2O5S. The van der Waals surface area contributed by atoms with E-state index >= 15 is 0 Å². The zero-order valence-corrected chi connectivity index (χ0v) is 18.4. The Morgan fingerprint density at radius 2 is 2.06 bits per heavy atom. The van der Waals surface area contributed by atoms with Crippen LogP contribution >= 0.6 is 23.4 Å². The van der Waals surface area contributed by atoms with Crippen LogP contribution in [-0.4, -0.2) is 34.4 Å². The first-order chi connectivity index (χ1) is 15.3. The number of carboxylic acid groups (broad SMARTS) is 1. The Kier molecular flexibility index (Phi) is 6.16. The fourth-order valence-electron chi connectivity index (χ4n) is 3.22. The van der Waals surface area contributed by atoms with Crippen molar-refractivity contribution in [2.24, 2.45) is 5.10 Å². The van der Waals surface area contributed by atoms with Crippen molar-refractivity contribution in [1.82, 2.24) is 0 Å². The maximum absolute atomic E-state index is 13.0. The molecule has 0 atom stereocenters. The molecule has 0 radical (unpaired) electrons. The van der Waals surface area contributed by atoms with E-state index in [1.165, 1.54) is 30.0 Å². The molecule has 0 aliphatic carbocycles. The highest BCUT2D eigenvalue weighted by Crippen LogP contribution is 2.30. The minimum absolute atomic E-state index is 0.0718. The Labute approximate surface area is 193 Å². The number of hydrogen-bond donors (Lipinski definition) is 1. The molecule has 0 fully saturated rings. The predicted molar refractivity (Wildman–Crippen MR) is 124 cm³/mol. The molecule has 2 aromatic carbocycles. The summed E-state index contributed by atoms with van der Waals surface area (Å²) in [5, 5.41) is 14.8. The van der Waals surface area contributed by atoms with Gasteiger partial charge in [0.25, 0.3) is 5.91 Å². The number of thioether (sulfide) groups is 1. The third kappa shape index (κ3) is 4.46. The van der Waals surface area contributed by atoms with E-state index in [4.69, 9.17) is 16.3 Å². The molecule has 1 N–H and O–H groups in total. The summed E-state index contributed by atoms with van der Waals surface area (Å²) in [6.45, 7) is 1.69. The van der Waals surface area contributed by atoms with Gasteiger partial charge in [0.1, 0.15) is 5.75 Å². The van der Waals surface area contributed by atoms with Gasteiger partial charge in [-0.15, -0.1) is 11.8 Å². The normalized spacial score (nSPS) is 16.9. The van der Waals surface area contributed by atoms with Crippen molar-refractivity contribution in [3.05, 3.63) is 75.2 Å². The van der Waals surface area contributed by atoms with Crippen molar-refractivity contribution < 1.29 is 24.2 Å². The monoisotopic (exact) mass is 468 g/mol. The second-order valence-electron chi connectivity index (χ2n) is 7.00. The number of esters is 1. The molecule has 32 heavy (non-hydrogen) atoms. The minimum atomic E-state index is -1.20. The number of nitrogens with zero attached hydrogens (tertiary/aromatic N) is 2. The molecule has 2 heterocycles. The van der Waals surface area contributed by atoms with Crippen LogP contribution in [0.3, 0.4) is 0 Å². The van der Waals surface area contributed by atoms with E-state index in [-0.39, 0.29) is 10.6 Å². The molecular weight excluding hydrogens is 452 g/mol. The van der Waals surface area contributed by atoms with E-state index in [1.54, 1.807) is 37.3 Å². The van der Waals surface area contributed by atoms with Crippen LogP contribution in [0.4, 0.5) is 5.69 Å². The molecule has 4 rings (SSSR count). The van der Waals surface area contributed by atoms with Gasteiger partial charge in [-0.25, -0.2) is 9.59 Å². The van der Waals surface area contributed by atoms with Crippen LogP contribution < -0.4 is 9.75 Å². The van der Waals surface area contributed by atoms with Crippen LogP contribution in [0.15, 0.2) is 64.1 Å². The highest BCUT2D eigenvalue weighted by atomic mass is 35.5. The fourth-order valence-corrected chi connectivity index (χ4v) is 4.27. The molecule has 2 aliphatic heterocycles. The molecule has 0 aromatic heterocycles. The number of aromatic carboxylic acids is 1. The summed E-state index contributed by atoms with van der Waals surface area (Å²) in [6.07, 6.45) is 4.35. The predicted octanol–water partition coefficient (Wildman–Crippen LogP) is 4.77. The number of carbonyl (C=O) groups is 3. The number of amides is 1. The summed E-state index contributed by atoms with van der Waals surface area (Å²) in [4.78, 5) is 37.2. The van der Waals surface area contributed by atoms with Gasteiger partial charge in [-0.05, 0) is 55.3 Å². The summed E-state index contributed by atoms with van der Waals surface area (Å²) in [5.41, 5.74) is 1.65. The summed E-state index contributed by atoms with van der Waals surface area (Å²) in [6, 6.07) is 11.1. The number of benzene rings is 2. The molecule has 0 spiro atoms. The number of carbonyl (C=O) groups excluding carboxylic acids is 2. The maximum Gasteiger partial charge on any atom is 0.349 e. The minimum Gasteiger partial charge on any atom is -0.478 e. The number of carboxylic acids is 1. The Bertz CT molecular complexity index is 1230.